The highest BCUT2D eigenvalue weighted by molar-refractivity contribution is 5.40. The molecule has 1 saturated carbocycles. The first-order valence-electron chi connectivity index (χ1n) is 6.74. The van der Waals surface area contributed by atoms with E-state index in [9.17, 15) is 0 Å². The maximum Gasteiger partial charge on any atom is 0.147 e. The summed E-state index contributed by atoms with van der Waals surface area (Å²) in [6.45, 7) is 1.51. The van der Waals surface area contributed by atoms with Crippen LogP contribution in [0.4, 0.5) is 11.6 Å². The summed E-state index contributed by atoms with van der Waals surface area (Å²) in [6, 6.07) is 0. The fourth-order valence-corrected chi connectivity index (χ4v) is 2.21. The summed E-state index contributed by atoms with van der Waals surface area (Å²) in [4.78, 5) is 8.43. The third kappa shape index (κ3) is 4.14. The van der Waals surface area contributed by atoms with Crippen molar-refractivity contribution in [1.29, 1.82) is 0 Å². The molecule has 0 aromatic carbocycles. The Morgan fingerprint density at radius 1 is 1.22 bits per heavy atom. The molecule has 0 atom stereocenters. The molecule has 1 aromatic heterocycles. The quantitative estimate of drug-likeness (QED) is 0.759. The Kier molecular flexibility index (Phi) is 5.20. The van der Waals surface area contributed by atoms with E-state index in [-0.39, 0.29) is 0 Å². The van der Waals surface area contributed by atoms with E-state index in [1.807, 2.05) is 7.05 Å². The fourth-order valence-electron chi connectivity index (χ4n) is 2.21. The molecule has 0 radical (unpaired) electrons. The first-order chi connectivity index (χ1) is 8.88. The third-order valence-electron chi connectivity index (χ3n) is 3.20. The molecule has 0 saturated heterocycles. The van der Waals surface area contributed by atoms with Crippen molar-refractivity contribution in [2.24, 2.45) is 0 Å². The molecule has 2 N–H and O–H groups in total. The average Bonchev–Trinajstić information content (AvgIpc) is 2.45. The van der Waals surface area contributed by atoms with E-state index in [0.717, 1.165) is 24.8 Å². The van der Waals surface area contributed by atoms with Gasteiger partial charge in [0.2, 0.25) is 0 Å². The SMILES string of the molecule is CNc1cncc(NCCOC2CCCCC2)n1. The minimum Gasteiger partial charge on any atom is -0.376 e. The van der Waals surface area contributed by atoms with Crippen molar-refractivity contribution in [3.8, 4) is 0 Å². The zero-order valence-electron chi connectivity index (χ0n) is 11.0. The van der Waals surface area contributed by atoms with Crippen LogP contribution in [0.5, 0.6) is 0 Å². The van der Waals surface area contributed by atoms with E-state index >= 15 is 0 Å². The lowest BCUT2D eigenvalue weighted by Gasteiger charge is -2.22. The molecule has 100 valence electrons. The molecule has 0 aliphatic heterocycles. The van der Waals surface area contributed by atoms with Gasteiger partial charge in [0.1, 0.15) is 11.6 Å². The van der Waals surface area contributed by atoms with Gasteiger partial charge >= 0.3 is 0 Å². The molecule has 2 rings (SSSR count). The second-order valence-electron chi connectivity index (χ2n) is 4.60. The predicted molar refractivity (Wildman–Crippen MR) is 72.9 cm³/mol. The van der Waals surface area contributed by atoms with Gasteiger partial charge in [-0.15, -0.1) is 0 Å². The second kappa shape index (κ2) is 7.16. The van der Waals surface area contributed by atoms with Crippen molar-refractivity contribution >= 4 is 11.6 Å². The highest BCUT2D eigenvalue weighted by Gasteiger charge is 2.12. The van der Waals surface area contributed by atoms with Gasteiger partial charge in [-0.05, 0) is 12.8 Å². The maximum absolute atomic E-state index is 5.83. The molecule has 1 aliphatic carbocycles. The predicted octanol–water partition coefficient (Wildman–Crippen LogP) is 2.28. The number of nitrogens with one attached hydrogen (secondary N) is 2. The summed E-state index contributed by atoms with van der Waals surface area (Å²) in [5.41, 5.74) is 0. The van der Waals surface area contributed by atoms with Crippen molar-refractivity contribution in [3.05, 3.63) is 12.4 Å². The van der Waals surface area contributed by atoms with Crippen LogP contribution in [0.25, 0.3) is 0 Å². The zero-order chi connectivity index (χ0) is 12.6. The van der Waals surface area contributed by atoms with Crippen molar-refractivity contribution in [2.45, 2.75) is 38.2 Å². The van der Waals surface area contributed by atoms with Gasteiger partial charge in [0.05, 0.1) is 25.1 Å². The van der Waals surface area contributed by atoms with E-state index < -0.39 is 0 Å². The summed E-state index contributed by atoms with van der Waals surface area (Å²) in [7, 11) is 1.83. The number of aromatic nitrogens is 2. The monoisotopic (exact) mass is 250 g/mol. The summed E-state index contributed by atoms with van der Waals surface area (Å²) in [5.74, 6) is 1.56. The van der Waals surface area contributed by atoms with Crippen LogP contribution in [-0.4, -0.2) is 36.3 Å². The first-order valence-corrected chi connectivity index (χ1v) is 6.74. The molecule has 1 aliphatic rings. The van der Waals surface area contributed by atoms with Crippen LogP contribution in [0.2, 0.25) is 0 Å². The van der Waals surface area contributed by atoms with Gasteiger partial charge in [0.25, 0.3) is 0 Å². The summed E-state index contributed by atoms with van der Waals surface area (Å²) in [6.07, 6.45) is 10.3. The van der Waals surface area contributed by atoms with E-state index in [1.54, 1.807) is 12.4 Å². The largest absolute Gasteiger partial charge is 0.376 e. The van der Waals surface area contributed by atoms with Crippen LogP contribution in [0.3, 0.4) is 0 Å². The smallest absolute Gasteiger partial charge is 0.147 e. The molecule has 1 heterocycles. The Bertz CT molecular complexity index is 353. The Morgan fingerprint density at radius 2 is 2.00 bits per heavy atom. The van der Waals surface area contributed by atoms with Crippen molar-refractivity contribution in [1.82, 2.24) is 9.97 Å². The van der Waals surface area contributed by atoms with Gasteiger partial charge in [0.15, 0.2) is 0 Å². The van der Waals surface area contributed by atoms with E-state index in [2.05, 4.69) is 20.6 Å². The van der Waals surface area contributed by atoms with Crippen LogP contribution in [0.1, 0.15) is 32.1 Å². The molecule has 1 fully saturated rings. The topological polar surface area (TPSA) is 59.1 Å². The molecule has 18 heavy (non-hydrogen) atoms. The van der Waals surface area contributed by atoms with Crippen molar-refractivity contribution in [3.63, 3.8) is 0 Å². The van der Waals surface area contributed by atoms with E-state index in [1.165, 1.54) is 32.1 Å². The van der Waals surface area contributed by atoms with Crippen LogP contribution < -0.4 is 10.6 Å². The van der Waals surface area contributed by atoms with Crippen LogP contribution in [-0.2, 0) is 4.74 Å². The van der Waals surface area contributed by atoms with Gasteiger partial charge in [-0.1, -0.05) is 19.3 Å². The van der Waals surface area contributed by atoms with Crippen molar-refractivity contribution < 1.29 is 4.74 Å². The fraction of sp³-hybridized carbons (Fsp3) is 0.692. The Morgan fingerprint density at radius 3 is 2.78 bits per heavy atom. The number of anilines is 2. The highest BCUT2D eigenvalue weighted by Crippen LogP contribution is 2.19. The Hall–Kier alpha value is -1.36. The minimum atomic E-state index is 0.468. The Balaban J connectivity index is 1.65. The number of hydrogen-bond acceptors (Lipinski definition) is 5. The second-order valence-corrected chi connectivity index (χ2v) is 4.60. The first kappa shape index (κ1) is 13.1. The maximum atomic E-state index is 5.83. The molecule has 0 amide bonds. The molecule has 5 heteroatoms. The van der Waals surface area contributed by atoms with Crippen LogP contribution >= 0.6 is 0 Å². The summed E-state index contributed by atoms with van der Waals surface area (Å²) < 4.78 is 5.83. The van der Waals surface area contributed by atoms with E-state index in [0.29, 0.717) is 6.10 Å². The average molecular weight is 250 g/mol. The Labute approximate surface area is 108 Å². The molecule has 0 spiro atoms. The number of nitrogens with zero attached hydrogens (tertiary/aromatic N) is 2. The molecular formula is C13H22N4O. The molecule has 0 unspecified atom stereocenters. The summed E-state index contributed by atoms with van der Waals surface area (Å²) >= 11 is 0. The van der Waals surface area contributed by atoms with Gasteiger partial charge < -0.3 is 15.4 Å². The van der Waals surface area contributed by atoms with Crippen molar-refractivity contribution in [2.75, 3.05) is 30.8 Å². The van der Waals surface area contributed by atoms with Crippen LogP contribution in [0.15, 0.2) is 12.4 Å². The molecular weight excluding hydrogens is 228 g/mol. The molecule has 0 bridgehead atoms. The standard InChI is InChI=1S/C13H22N4O/c1-14-12-9-15-10-13(17-12)16-7-8-18-11-5-3-2-4-6-11/h9-11H,2-8H2,1H3,(H2,14,16,17). The zero-order valence-corrected chi connectivity index (χ0v) is 11.0. The number of rotatable bonds is 6. The number of hydrogen-bond donors (Lipinski definition) is 2. The van der Waals surface area contributed by atoms with Gasteiger partial charge in [0, 0.05) is 13.6 Å². The normalized spacial score (nSPS) is 16.5. The van der Waals surface area contributed by atoms with Gasteiger partial charge in [-0.2, -0.15) is 0 Å². The highest BCUT2D eigenvalue weighted by atomic mass is 16.5. The number of ether oxygens (including phenoxy) is 1. The molecule has 5 nitrogen and oxygen atoms in total. The minimum absolute atomic E-state index is 0.468. The van der Waals surface area contributed by atoms with Crippen LogP contribution in [0, 0.1) is 0 Å². The lowest BCUT2D eigenvalue weighted by atomic mass is 9.98. The molecule has 1 aromatic rings. The lowest BCUT2D eigenvalue weighted by Crippen LogP contribution is -2.20. The van der Waals surface area contributed by atoms with Gasteiger partial charge in [-0.3, -0.25) is 4.98 Å². The lowest BCUT2D eigenvalue weighted by molar-refractivity contribution is 0.0347. The van der Waals surface area contributed by atoms with Gasteiger partial charge in [-0.25, -0.2) is 4.98 Å². The van der Waals surface area contributed by atoms with E-state index in [4.69, 9.17) is 4.74 Å². The third-order valence-corrected chi connectivity index (χ3v) is 3.20. The summed E-state index contributed by atoms with van der Waals surface area (Å²) in [5, 5.41) is 6.18.